The Bertz CT molecular complexity index is 332. The monoisotopic (exact) mass is 213 g/mol. The predicted octanol–water partition coefficient (Wildman–Crippen LogP) is -0.155. The lowest BCUT2D eigenvalue weighted by atomic mass is 10.2. The first-order valence-corrected chi connectivity index (χ1v) is 4.32. The maximum Gasteiger partial charge on any atom is 0.332 e. The second kappa shape index (κ2) is 5.16. The van der Waals surface area contributed by atoms with E-state index in [0.29, 0.717) is 5.56 Å². The third kappa shape index (κ3) is 3.43. The summed E-state index contributed by atoms with van der Waals surface area (Å²) in [6, 6.07) is 1.49. The van der Waals surface area contributed by atoms with Crippen LogP contribution in [0.15, 0.2) is 23.0 Å². The van der Waals surface area contributed by atoms with Gasteiger partial charge in [0, 0.05) is 13.0 Å². The van der Waals surface area contributed by atoms with Crippen molar-refractivity contribution in [1.29, 1.82) is 0 Å². The number of carboxylic acid groups (broad SMARTS) is 1. The summed E-state index contributed by atoms with van der Waals surface area (Å²) in [5.74, 6) is -1.66. The molecule has 0 fully saturated rings. The van der Waals surface area contributed by atoms with E-state index in [9.17, 15) is 9.59 Å². The van der Waals surface area contributed by atoms with Crippen LogP contribution in [-0.4, -0.2) is 34.7 Å². The summed E-state index contributed by atoms with van der Waals surface area (Å²) < 4.78 is 4.70. The molecule has 0 saturated heterocycles. The average molecular weight is 213 g/mol. The number of carbonyl (C=O) groups excluding carboxylic acids is 1. The molecule has 1 atom stereocenters. The Hall–Kier alpha value is -1.82. The SMILES string of the molecule is O=C(NCCC(O)C(=O)O)c1ccoc1. The minimum absolute atomic E-state index is 0.0288. The molecule has 6 heteroatoms. The molecule has 0 aliphatic carbocycles. The number of carboxylic acids is 1. The van der Waals surface area contributed by atoms with Gasteiger partial charge in [0.2, 0.25) is 0 Å². The molecular formula is C9H11NO5. The molecule has 0 aromatic carbocycles. The van der Waals surface area contributed by atoms with Crippen molar-refractivity contribution in [2.24, 2.45) is 0 Å². The van der Waals surface area contributed by atoms with Crippen LogP contribution < -0.4 is 5.32 Å². The summed E-state index contributed by atoms with van der Waals surface area (Å²) in [5.41, 5.74) is 0.361. The Morgan fingerprint density at radius 3 is 2.80 bits per heavy atom. The molecule has 0 saturated carbocycles. The largest absolute Gasteiger partial charge is 0.479 e. The van der Waals surface area contributed by atoms with Crippen molar-refractivity contribution in [3.05, 3.63) is 24.2 Å². The van der Waals surface area contributed by atoms with Gasteiger partial charge in [0.15, 0.2) is 6.10 Å². The van der Waals surface area contributed by atoms with Crippen molar-refractivity contribution in [3.8, 4) is 0 Å². The fourth-order valence-electron chi connectivity index (χ4n) is 0.942. The molecule has 3 N–H and O–H groups in total. The van der Waals surface area contributed by atoms with E-state index >= 15 is 0 Å². The molecule has 0 aliphatic rings. The number of hydrogen-bond acceptors (Lipinski definition) is 4. The zero-order chi connectivity index (χ0) is 11.3. The number of aliphatic carboxylic acids is 1. The molecule has 1 aromatic rings. The predicted molar refractivity (Wildman–Crippen MR) is 49.3 cm³/mol. The lowest BCUT2D eigenvalue weighted by Gasteiger charge is -2.05. The second-order valence-electron chi connectivity index (χ2n) is 2.91. The van der Waals surface area contributed by atoms with Crippen molar-refractivity contribution >= 4 is 11.9 Å². The van der Waals surface area contributed by atoms with Gasteiger partial charge in [-0.25, -0.2) is 4.79 Å². The Balaban J connectivity index is 2.27. The van der Waals surface area contributed by atoms with Gasteiger partial charge in [-0.05, 0) is 6.07 Å². The zero-order valence-corrected chi connectivity index (χ0v) is 7.84. The van der Waals surface area contributed by atoms with E-state index in [1.807, 2.05) is 0 Å². The molecular weight excluding hydrogens is 202 g/mol. The van der Waals surface area contributed by atoms with Crippen LogP contribution >= 0.6 is 0 Å². The van der Waals surface area contributed by atoms with E-state index in [0.717, 1.165) is 0 Å². The van der Waals surface area contributed by atoms with E-state index in [2.05, 4.69) is 5.32 Å². The van der Waals surface area contributed by atoms with Crippen LogP contribution in [0.5, 0.6) is 0 Å². The molecule has 6 nitrogen and oxygen atoms in total. The summed E-state index contributed by atoms with van der Waals surface area (Å²) >= 11 is 0. The number of aliphatic hydroxyl groups is 1. The van der Waals surface area contributed by atoms with E-state index in [1.54, 1.807) is 0 Å². The lowest BCUT2D eigenvalue weighted by Crippen LogP contribution is -2.29. The van der Waals surface area contributed by atoms with Crippen molar-refractivity contribution in [2.45, 2.75) is 12.5 Å². The Kier molecular flexibility index (Phi) is 3.87. The molecule has 1 amide bonds. The van der Waals surface area contributed by atoms with E-state index < -0.39 is 12.1 Å². The van der Waals surface area contributed by atoms with Gasteiger partial charge in [0.25, 0.3) is 5.91 Å². The number of amides is 1. The van der Waals surface area contributed by atoms with Crippen LogP contribution in [0.4, 0.5) is 0 Å². The van der Waals surface area contributed by atoms with Crippen LogP contribution in [0.25, 0.3) is 0 Å². The van der Waals surface area contributed by atoms with Crippen LogP contribution in [0.3, 0.4) is 0 Å². The highest BCUT2D eigenvalue weighted by Crippen LogP contribution is 1.99. The number of hydrogen-bond donors (Lipinski definition) is 3. The minimum atomic E-state index is -1.45. The molecule has 82 valence electrons. The molecule has 1 unspecified atom stereocenters. The van der Waals surface area contributed by atoms with Gasteiger partial charge in [-0.1, -0.05) is 0 Å². The fourth-order valence-corrected chi connectivity index (χ4v) is 0.942. The fraction of sp³-hybridized carbons (Fsp3) is 0.333. The highest BCUT2D eigenvalue weighted by molar-refractivity contribution is 5.93. The van der Waals surface area contributed by atoms with Gasteiger partial charge >= 0.3 is 5.97 Å². The van der Waals surface area contributed by atoms with Gasteiger partial charge in [-0.15, -0.1) is 0 Å². The smallest absolute Gasteiger partial charge is 0.332 e. The molecule has 0 radical (unpaired) electrons. The molecule has 0 bridgehead atoms. The first-order valence-electron chi connectivity index (χ1n) is 4.32. The number of nitrogens with one attached hydrogen (secondary N) is 1. The van der Waals surface area contributed by atoms with Gasteiger partial charge in [-0.3, -0.25) is 4.79 Å². The number of carbonyl (C=O) groups is 2. The van der Waals surface area contributed by atoms with Crippen molar-refractivity contribution in [3.63, 3.8) is 0 Å². The number of aliphatic hydroxyl groups excluding tert-OH is 1. The first kappa shape index (κ1) is 11.3. The van der Waals surface area contributed by atoms with Crippen molar-refractivity contribution < 1.29 is 24.2 Å². The molecule has 1 aromatic heterocycles. The first-order chi connectivity index (χ1) is 7.11. The topological polar surface area (TPSA) is 99.8 Å². The van der Waals surface area contributed by atoms with E-state index in [1.165, 1.54) is 18.6 Å². The molecule has 1 rings (SSSR count). The standard InChI is InChI=1S/C9H11NO5/c11-7(9(13)14)1-3-10-8(12)6-2-4-15-5-6/h2,4-5,7,11H,1,3H2,(H,10,12)(H,13,14). The Labute approximate surface area is 85.5 Å². The third-order valence-electron chi connectivity index (χ3n) is 1.77. The normalized spacial score (nSPS) is 12.1. The highest BCUT2D eigenvalue weighted by Gasteiger charge is 2.13. The van der Waals surface area contributed by atoms with Crippen LogP contribution in [0, 0.1) is 0 Å². The van der Waals surface area contributed by atoms with Gasteiger partial charge in [-0.2, -0.15) is 0 Å². The van der Waals surface area contributed by atoms with E-state index in [4.69, 9.17) is 14.6 Å². The molecule has 15 heavy (non-hydrogen) atoms. The Morgan fingerprint density at radius 1 is 1.53 bits per heavy atom. The Morgan fingerprint density at radius 2 is 2.27 bits per heavy atom. The summed E-state index contributed by atoms with van der Waals surface area (Å²) in [4.78, 5) is 21.5. The maximum atomic E-state index is 11.3. The minimum Gasteiger partial charge on any atom is -0.479 e. The van der Waals surface area contributed by atoms with Crippen LogP contribution in [-0.2, 0) is 4.79 Å². The maximum absolute atomic E-state index is 11.3. The zero-order valence-electron chi connectivity index (χ0n) is 7.84. The lowest BCUT2D eigenvalue weighted by molar-refractivity contribution is -0.146. The number of furan rings is 1. The summed E-state index contributed by atoms with van der Waals surface area (Å²) in [6.45, 7) is 0.0947. The van der Waals surface area contributed by atoms with Crippen LogP contribution in [0.2, 0.25) is 0 Å². The summed E-state index contributed by atoms with van der Waals surface area (Å²) in [6.07, 6.45) is 1.16. The van der Waals surface area contributed by atoms with E-state index in [-0.39, 0.29) is 18.9 Å². The van der Waals surface area contributed by atoms with Gasteiger partial charge < -0.3 is 19.9 Å². The number of rotatable bonds is 5. The quantitative estimate of drug-likeness (QED) is 0.631. The second-order valence-corrected chi connectivity index (χ2v) is 2.91. The molecule has 0 aliphatic heterocycles. The molecule has 0 spiro atoms. The summed E-state index contributed by atoms with van der Waals surface area (Å²) in [7, 11) is 0. The summed E-state index contributed by atoms with van der Waals surface area (Å²) in [5, 5.41) is 19.7. The average Bonchev–Trinajstić information content (AvgIpc) is 2.70. The molecule has 1 heterocycles. The third-order valence-corrected chi connectivity index (χ3v) is 1.77. The van der Waals surface area contributed by atoms with Gasteiger partial charge in [0.1, 0.15) is 6.26 Å². The van der Waals surface area contributed by atoms with Gasteiger partial charge in [0.05, 0.1) is 11.8 Å². The van der Waals surface area contributed by atoms with Crippen molar-refractivity contribution in [2.75, 3.05) is 6.54 Å². The van der Waals surface area contributed by atoms with Crippen molar-refractivity contribution in [1.82, 2.24) is 5.32 Å². The van der Waals surface area contributed by atoms with Crippen LogP contribution in [0.1, 0.15) is 16.8 Å². The highest BCUT2D eigenvalue weighted by atomic mass is 16.4.